The number of unbranched alkanes of at least 4 members (excludes halogenated alkanes) is 10. The first-order valence-corrected chi connectivity index (χ1v) is 12.8. The fraction of sp³-hybridized carbons (Fsp3) is 0.586. The Morgan fingerprint density at radius 3 is 1.42 bits per heavy atom. The Labute approximate surface area is 190 Å². The van der Waals surface area contributed by atoms with E-state index < -0.39 is 0 Å². The molecule has 0 heterocycles. The molecule has 2 aromatic carbocycles. The van der Waals surface area contributed by atoms with Gasteiger partial charge in [0.1, 0.15) is 11.5 Å². The Morgan fingerprint density at radius 1 is 0.548 bits per heavy atom. The van der Waals surface area contributed by atoms with Crippen LogP contribution in [0.4, 0.5) is 0 Å². The molecule has 170 valence electrons. The maximum absolute atomic E-state index is 6.04. The molecule has 2 nitrogen and oxygen atoms in total. The molecule has 0 bridgehead atoms. The van der Waals surface area contributed by atoms with Crippen LogP contribution in [0.3, 0.4) is 0 Å². The summed E-state index contributed by atoms with van der Waals surface area (Å²) in [4.78, 5) is 0. The SMILES string of the molecule is CCCCCCCCOc1ccc2c(c1)Cc1cc(OCCCCCCCC)ccc1-2. The number of benzene rings is 2. The standard InChI is InChI=1S/C29H42O2/c1-3-5-7-9-11-13-19-30-26-15-17-28-24(22-26)21-25-23-27(16-18-29(25)28)31-20-14-12-10-8-6-4-2/h15-18,22-23H,3-14,19-21H2,1-2H3. The topological polar surface area (TPSA) is 18.5 Å². The van der Waals surface area contributed by atoms with E-state index in [1.54, 1.807) is 0 Å². The quantitative estimate of drug-likeness (QED) is 0.215. The summed E-state index contributed by atoms with van der Waals surface area (Å²) in [6, 6.07) is 13.2. The van der Waals surface area contributed by atoms with Gasteiger partial charge < -0.3 is 9.47 Å². The molecule has 0 N–H and O–H groups in total. The molecule has 1 aliphatic rings. The monoisotopic (exact) mass is 422 g/mol. The Balaban J connectivity index is 1.42. The van der Waals surface area contributed by atoms with Crippen LogP contribution in [0.5, 0.6) is 11.5 Å². The van der Waals surface area contributed by atoms with Gasteiger partial charge in [-0.2, -0.15) is 0 Å². The summed E-state index contributed by atoms with van der Waals surface area (Å²) in [7, 11) is 0. The predicted octanol–water partition coefficient (Wildman–Crippen LogP) is 8.74. The minimum Gasteiger partial charge on any atom is -0.494 e. The van der Waals surface area contributed by atoms with Crippen molar-refractivity contribution >= 4 is 0 Å². The third kappa shape index (κ3) is 7.59. The van der Waals surface area contributed by atoms with E-state index in [1.807, 2.05) is 0 Å². The molecule has 0 atom stereocenters. The van der Waals surface area contributed by atoms with Crippen molar-refractivity contribution in [1.82, 2.24) is 0 Å². The van der Waals surface area contributed by atoms with E-state index in [1.165, 1.54) is 86.5 Å². The van der Waals surface area contributed by atoms with E-state index in [0.29, 0.717) is 0 Å². The number of hydrogen-bond donors (Lipinski definition) is 0. The maximum Gasteiger partial charge on any atom is 0.119 e. The van der Waals surface area contributed by atoms with Gasteiger partial charge in [-0.3, -0.25) is 0 Å². The van der Waals surface area contributed by atoms with Crippen molar-refractivity contribution in [3.8, 4) is 22.6 Å². The van der Waals surface area contributed by atoms with Crippen molar-refractivity contribution in [3.63, 3.8) is 0 Å². The molecule has 2 aromatic rings. The smallest absolute Gasteiger partial charge is 0.119 e. The number of ether oxygens (including phenoxy) is 2. The molecule has 2 heteroatoms. The first kappa shape index (κ1) is 23.7. The van der Waals surface area contributed by atoms with Crippen molar-refractivity contribution in [2.24, 2.45) is 0 Å². The third-order valence-electron chi connectivity index (χ3n) is 6.36. The van der Waals surface area contributed by atoms with Crippen LogP contribution in [-0.2, 0) is 6.42 Å². The molecular formula is C29H42O2. The van der Waals surface area contributed by atoms with Gasteiger partial charge in [-0.15, -0.1) is 0 Å². The Hall–Kier alpha value is -1.96. The van der Waals surface area contributed by atoms with E-state index >= 15 is 0 Å². The fourth-order valence-electron chi connectivity index (χ4n) is 4.49. The van der Waals surface area contributed by atoms with Crippen molar-refractivity contribution in [2.45, 2.75) is 97.3 Å². The third-order valence-corrected chi connectivity index (χ3v) is 6.36. The van der Waals surface area contributed by atoms with E-state index in [-0.39, 0.29) is 0 Å². The van der Waals surface area contributed by atoms with Crippen LogP contribution in [0, 0.1) is 0 Å². The largest absolute Gasteiger partial charge is 0.494 e. The van der Waals surface area contributed by atoms with Gasteiger partial charge in [-0.05, 0) is 65.8 Å². The summed E-state index contributed by atoms with van der Waals surface area (Å²) in [5.41, 5.74) is 5.46. The summed E-state index contributed by atoms with van der Waals surface area (Å²) < 4.78 is 12.1. The van der Waals surface area contributed by atoms with Crippen LogP contribution in [-0.4, -0.2) is 13.2 Å². The van der Waals surface area contributed by atoms with Crippen LogP contribution < -0.4 is 9.47 Å². The van der Waals surface area contributed by atoms with Gasteiger partial charge in [0.05, 0.1) is 13.2 Å². The van der Waals surface area contributed by atoms with Crippen LogP contribution in [0.2, 0.25) is 0 Å². The lowest BCUT2D eigenvalue weighted by Gasteiger charge is -2.09. The summed E-state index contributed by atoms with van der Waals surface area (Å²) >= 11 is 0. The Kier molecular flexibility index (Phi) is 10.3. The number of hydrogen-bond acceptors (Lipinski definition) is 2. The van der Waals surface area contributed by atoms with E-state index in [4.69, 9.17) is 9.47 Å². The zero-order valence-electron chi connectivity index (χ0n) is 19.9. The molecule has 0 aliphatic heterocycles. The molecule has 0 aromatic heterocycles. The summed E-state index contributed by atoms with van der Waals surface area (Å²) in [5.74, 6) is 2.03. The molecule has 0 unspecified atom stereocenters. The van der Waals surface area contributed by atoms with Crippen LogP contribution >= 0.6 is 0 Å². The first-order valence-electron chi connectivity index (χ1n) is 12.8. The lowest BCUT2D eigenvalue weighted by molar-refractivity contribution is 0.304. The second-order valence-electron chi connectivity index (χ2n) is 9.05. The van der Waals surface area contributed by atoms with E-state index in [0.717, 1.165) is 44.0 Å². The maximum atomic E-state index is 6.04. The van der Waals surface area contributed by atoms with Crippen molar-refractivity contribution in [2.75, 3.05) is 13.2 Å². The van der Waals surface area contributed by atoms with Crippen molar-refractivity contribution in [1.29, 1.82) is 0 Å². The highest BCUT2D eigenvalue weighted by molar-refractivity contribution is 5.78. The van der Waals surface area contributed by atoms with E-state index in [2.05, 4.69) is 50.2 Å². The van der Waals surface area contributed by atoms with Gasteiger partial charge in [-0.25, -0.2) is 0 Å². The molecule has 3 rings (SSSR count). The molecule has 0 fully saturated rings. The van der Waals surface area contributed by atoms with Crippen LogP contribution in [0.15, 0.2) is 36.4 Å². The summed E-state index contributed by atoms with van der Waals surface area (Å²) in [6.45, 7) is 6.18. The molecule has 31 heavy (non-hydrogen) atoms. The molecule has 0 radical (unpaired) electrons. The Bertz CT molecular complexity index is 715. The minimum absolute atomic E-state index is 0.828. The summed E-state index contributed by atoms with van der Waals surface area (Å²) in [5, 5.41) is 0. The van der Waals surface area contributed by atoms with Gasteiger partial charge in [0.15, 0.2) is 0 Å². The van der Waals surface area contributed by atoms with Gasteiger partial charge >= 0.3 is 0 Å². The molecule has 0 saturated heterocycles. The second-order valence-corrected chi connectivity index (χ2v) is 9.05. The first-order chi connectivity index (χ1) is 15.3. The fourth-order valence-corrected chi connectivity index (χ4v) is 4.49. The molecule has 0 amide bonds. The van der Waals surface area contributed by atoms with Gasteiger partial charge in [0.2, 0.25) is 0 Å². The molecular weight excluding hydrogens is 380 g/mol. The van der Waals surface area contributed by atoms with Gasteiger partial charge in [0.25, 0.3) is 0 Å². The van der Waals surface area contributed by atoms with E-state index in [9.17, 15) is 0 Å². The number of fused-ring (bicyclic) bond motifs is 3. The van der Waals surface area contributed by atoms with Crippen molar-refractivity contribution < 1.29 is 9.47 Å². The lowest BCUT2D eigenvalue weighted by atomic mass is 10.1. The second kappa shape index (κ2) is 13.5. The molecule has 0 spiro atoms. The molecule has 1 aliphatic carbocycles. The zero-order valence-corrected chi connectivity index (χ0v) is 19.9. The lowest BCUT2D eigenvalue weighted by Crippen LogP contribution is -1.98. The Morgan fingerprint density at radius 2 is 0.968 bits per heavy atom. The highest BCUT2D eigenvalue weighted by Gasteiger charge is 2.19. The van der Waals surface area contributed by atoms with Gasteiger partial charge in [0, 0.05) is 0 Å². The number of rotatable bonds is 16. The zero-order chi connectivity index (χ0) is 21.7. The highest BCUT2D eigenvalue weighted by Crippen LogP contribution is 2.39. The predicted molar refractivity (Wildman–Crippen MR) is 132 cm³/mol. The van der Waals surface area contributed by atoms with Crippen LogP contribution in [0.1, 0.15) is 102 Å². The summed E-state index contributed by atoms with van der Waals surface area (Å²) in [6.07, 6.45) is 16.6. The average Bonchev–Trinajstić information content (AvgIpc) is 3.15. The minimum atomic E-state index is 0.828. The normalized spacial score (nSPS) is 11.9. The highest BCUT2D eigenvalue weighted by atomic mass is 16.5. The van der Waals surface area contributed by atoms with Crippen molar-refractivity contribution in [3.05, 3.63) is 47.5 Å². The molecule has 0 saturated carbocycles. The van der Waals surface area contributed by atoms with Crippen LogP contribution in [0.25, 0.3) is 11.1 Å². The van der Waals surface area contributed by atoms with Gasteiger partial charge in [-0.1, -0.05) is 90.2 Å². The average molecular weight is 423 g/mol.